The maximum atomic E-state index is 12.2. The number of hydrogen-bond donors (Lipinski definition) is 2. The number of rotatable bonds is 5. The number of nitrogens with two attached hydrogens (primary N) is 1. The van der Waals surface area contributed by atoms with Crippen LogP contribution in [0, 0.1) is 5.92 Å². The van der Waals surface area contributed by atoms with Crippen LogP contribution in [0.5, 0.6) is 0 Å². The highest BCUT2D eigenvalue weighted by Gasteiger charge is 2.24. The minimum Gasteiger partial charge on any atom is -0.371 e. The standard InChI is InChI=1S/C19H23N3O/c20-18(16-7-3-1-4-8-16)19(23)21-13-15-11-12-22(14-15)17-9-5-2-6-10-17/h1-10,15,18H,11-14,20H2,(H,21,23). The Balaban J connectivity index is 1.49. The molecule has 0 aromatic heterocycles. The fraction of sp³-hybridized carbons (Fsp3) is 0.316. The number of anilines is 1. The van der Waals surface area contributed by atoms with Gasteiger partial charge in [0.25, 0.3) is 0 Å². The number of benzene rings is 2. The molecular formula is C19H23N3O. The number of amides is 1. The third-order valence-electron chi connectivity index (χ3n) is 4.41. The van der Waals surface area contributed by atoms with Gasteiger partial charge in [0.05, 0.1) is 0 Å². The van der Waals surface area contributed by atoms with Gasteiger partial charge in [0.2, 0.25) is 5.91 Å². The van der Waals surface area contributed by atoms with Gasteiger partial charge < -0.3 is 16.0 Å². The van der Waals surface area contributed by atoms with Crippen molar-refractivity contribution in [3.8, 4) is 0 Å². The number of carbonyl (C=O) groups excluding carboxylic acids is 1. The van der Waals surface area contributed by atoms with Crippen molar-refractivity contribution in [2.24, 2.45) is 11.7 Å². The van der Waals surface area contributed by atoms with Gasteiger partial charge in [-0.05, 0) is 30.0 Å². The summed E-state index contributed by atoms with van der Waals surface area (Å²) < 4.78 is 0. The molecule has 1 aliphatic rings. The predicted octanol–water partition coefficient (Wildman–Crippen LogP) is 2.33. The lowest BCUT2D eigenvalue weighted by molar-refractivity contribution is -0.122. The fourth-order valence-corrected chi connectivity index (χ4v) is 3.04. The lowest BCUT2D eigenvalue weighted by atomic mass is 10.1. The smallest absolute Gasteiger partial charge is 0.241 e. The second kappa shape index (κ2) is 7.29. The Labute approximate surface area is 137 Å². The van der Waals surface area contributed by atoms with E-state index in [1.807, 2.05) is 36.4 Å². The van der Waals surface area contributed by atoms with Crippen LogP contribution in [0.2, 0.25) is 0 Å². The average Bonchev–Trinajstić information content (AvgIpc) is 3.09. The van der Waals surface area contributed by atoms with E-state index in [9.17, 15) is 4.79 Å². The summed E-state index contributed by atoms with van der Waals surface area (Å²) in [7, 11) is 0. The molecule has 1 aliphatic heterocycles. The van der Waals surface area contributed by atoms with Crippen molar-refractivity contribution < 1.29 is 4.79 Å². The summed E-state index contributed by atoms with van der Waals surface area (Å²) in [5, 5.41) is 3.00. The largest absolute Gasteiger partial charge is 0.371 e. The van der Waals surface area contributed by atoms with Gasteiger partial charge in [0.1, 0.15) is 6.04 Å². The van der Waals surface area contributed by atoms with Gasteiger partial charge in [-0.3, -0.25) is 4.79 Å². The molecule has 3 rings (SSSR count). The van der Waals surface area contributed by atoms with Crippen molar-refractivity contribution in [2.75, 3.05) is 24.5 Å². The first-order valence-electron chi connectivity index (χ1n) is 8.12. The van der Waals surface area contributed by atoms with Gasteiger partial charge in [-0.1, -0.05) is 48.5 Å². The molecule has 4 nitrogen and oxygen atoms in total. The van der Waals surface area contributed by atoms with E-state index in [0.29, 0.717) is 12.5 Å². The van der Waals surface area contributed by atoms with Gasteiger partial charge in [0, 0.05) is 25.3 Å². The minimum absolute atomic E-state index is 0.102. The van der Waals surface area contributed by atoms with Gasteiger partial charge in [-0.15, -0.1) is 0 Å². The zero-order chi connectivity index (χ0) is 16.1. The first-order valence-corrected chi connectivity index (χ1v) is 8.12. The molecule has 0 saturated carbocycles. The van der Waals surface area contributed by atoms with Crippen LogP contribution in [-0.4, -0.2) is 25.5 Å². The number of nitrogens with zero attached hydrogens (tertiary/aromatic N) is 1. The average molecular weight is 309 g/mol. The van der Waals surface area contributed by atoms with E-state index < -0.39 is 6.04 Å². The summed E-state index contributed by atoms with van der Waals surface area (Å²) in [6.07, 6.45) is 1.09. The predicted molar refractivity (Wildman–Crippen MR) is 93.1 cm³/mol. The number of hydrogen-bond acceptors (Lipinski definition) is 3. The van der Waals surface area contributed by atoms with E-state index in [1.54, 1.807) is 0 Å². The highest BCUT2D eigenvalue weighted by atomic mass is 16.2. The summed E-state index contributed by atoms with van der Waals surface area (Å²) >= 11 is 0. The van der Waals surface area contributed by atoms with Crippen LogP contribution >= 0.6 is 0 Å². The SMILES string of the molecule is NC(C(=O)NCC1CCN(c2ccccc2)C1)c1ccccc1. The molecule has 1 saturated heterocycles. The third-order valence-corrected chi connectivity index (χ3v) is 4.41. The molecule has 3 N–H and O–H groups in total. The monoisotopic (exact) mass is 309 g/mol. The second-order valence-corrected chi connectivity index (χ2v) is 6.07. The summed E-state index contributed by atoms with van der Waals surface area (Å²) in [5.41, 5.74) is 8.12. The van der Waals surface area contributed by atoms with Gasteiger partial charge in [0.15, 0.2) is 0 Å². The van der Waals surface area contributed by atoms with Crippen LogP contribution in [0.25, 0.3) is 0 Å². The first kappa shape index (κ1) is 15.6. The van der Waals surface area contributed by atoms with E-state index in [1.165, 1.54) is 5.69 Å². The molecule has 2 aromatic rings. The van der Waals surface area contributed by atoms with Crippen LogP contribution in [0.4, 0.5) is 5.69 Å². The highest BCUT2D eigenvalue weighted by molar-refractivity contribution is 5.82. The quantitative estimate of drug-likeness (QED) is 0.891. The normalized spacial score (nSPS) is 18.7. The Morgan fingerprint density at radius 3 is 2.48 bits per heavy atom. The molecule has 0 spiro atoms. The van der Waals surface area contributed by atoms with Crippen LogP contribution in [0.15, 0.2) is 60.7 Å². The van der Waals surface area contributed by atoms with Crippen molar-refractivity contribution in [3.63, 3.8) is 0 Å². The maximum Gasteiger partial charge on any atom is 0.241 e. The van der Waals surface area contributed by atoms with Crippen molar-refractivity contribution in [2.45, 2.75) is 12.5 Å². The van der Waals surface area contributed by atoms with Gasteiger partial charge >= 0.3 is 0 Å². The molecule has 1 amide bonds. The Kier molecular flexibility index (Phi) is 4.93. The van der Waals surface area contributed by atoms with E-state index in [2.05, 4.69) is 34.5 Å². The summed E-state index contributed by atoms with van der Waals surface area (Å²) in [4.78, 5) is 14.6. The molecule has 0 bridgehead atoms. The van der Waals surface area contributed by atoms with Crippen LogP contribution in [-0.2, 0) is 4.79 Å². The van der Waals surface area contributed by atoms with Crippen LogP contribution < -0.4 is 16.0 Å². The molecule has 2 atom stereocenters. The first-order chi connectivity index (χ1) is 11.2. The molecular weight excluding hydrogens is 286 g/mol. The van der Waals surface area contributed by atoms with Crippen molar-refractivity contribution >= 4 is 11.6 Å². The van der Waals surface area contributed by atoms with E-state index in [4.69, 9.17) is 5.73 Å². The second-order valence-electron chi connectivity index (χ2n) is 6.07. The number of nitrogens with one attached hydrogen (secondary N) is 1. The van der Waals surface area contributed by atoms with Crippen LogP contribution in [0.3, 0.4) is 0 Å². The zero-order valence-electron chi connectivity index (χ0n) is 13.2. The molecule has 23 heavy (non-hydrogen) atoms. The van der Waals surface area contributed by atoms with Gasteiger partial charge in [-0.25, -0.2) is 0 Å². The van der Waals surface area contributed by atoms with Gasteiger partial charge in [-0.2, -0.15) is 0 Å². The zero-order valence-corrected chi connectivity index (χ0v) is 13.2. The lowest BCUT2D eigenvalue weighted by Crippen LogP contribution is -2.37. The lowest BCUT2D eigenvalue weighted by Gasteiger charge is -2.19. The third kappa shape index (κ3) is 3.90. The highest BCUT2D eigenvalue weighted by Crippen LogP contribution is 2.23. The maximum absolute atomic E-state index is 12.2. The molecule has 1 fully saturated rings. The molecule has 0 radical (unpaired) electrons. The summed E-state index contributed by atoms with van der Waals surface area (Å²) in [6.45, 7) is 2.70. The number of para-hydroxylation sites is 1. The molecule has 4 heteroatoms. The van der Waals surface area contributed by atoms with Crippen LogP contribution in [0.1, 0.15) is 18.0 Å². The van der Waals surface area contributed by atoms with Crippen molar-refractivity contribution in [1.29, 1.82) is 0 Å². The fourth-order valence-electron chi connectivity index (χ4n) is 3.04. The Bertz CT molecular complexity index is 630. The molecule has 2 unspecified atom stereocenters. The molecule has 2 aromatic carbocycles. The molecule has 120 valence electrons. The topological polar surface area (TPSA) is 58.4 Å². The Morgan fingerprint density at radius 1 is 1.13 bits per heavy atom. The summed E-state index contributed by atoms with van der Waals surface area (Å²) in [5.74, 6) is 0.372. The van der Waals surface area contributed by atoms with Crippen molar-refractivity contribution in [1.82, 2.24) is 5.32 Å². The Hall–Kier alpha value is -2.33. The van der Waals surface area contributed by atoms with E-state index in [0.717, 1.165) is 25.1 Å². The van der Waals surface area contributed by atoms with E-state index in [-0.39, 0.29) is 5.91 Å². The van der Waals surface area contributed by atoms with Crippen molar-refractivity contribution in [3.05, 3.63) is 66.2 Å². The Morgan fingerprint density at radius 2 is 1.78 bits per heavy atom. The van der Waals surface area contributed by atoms with E-state index >= 15 is 0 Å². The summed E-state index contributed by atoms with van der Waals surface area (Å²) in [6, 6.07) is 19.3. The molecule has 0 aliphatic carbocycles. The minimum atomic E-state index is -0.595. The number of carbonyl (C=O) groups is 1. The molecule has 1 heterocycles.